The monoisotopic (exact) mass is 287 g/mol. The van der Waals surface area contributed by atoms with Crippen LogP contribution in [0.3, 0.4) is 0 Å². The van der Waals surface area contributed by atoms with Crippen LogP contribution >= 0.6 is 0 Å². The lowest BCUT2D eigenvalue weighted by atomic mass is 9.84. The lowest BCUT2D eigenvalue weighted by Gasteiger charge is -2.30. The van der Waals surface area contributed by atoms with Crippen LogP contribution in [-0.4, -0.2) is 11.9 Å². The summed E-state index contributed by atoms with van der Waals surface area (Å²) in [6.07, 6.45) is 7.09. The number of nitrogens with two attached hydrogens (primary N) is 2. The number of hydrogen-bond acceptors (Lipinski definition) is 3. The number of carbonyl (C=O) groups excluding carboxylic acids is 1. The van der Waals surface area contributed by atoms with E-state index in [2.05, 4.69) is 11.4 Å². The Labute approximate surface area is 126 Å². The van der Waals surface area contributed by atoms with Gasteiger partial charge in [-0.15, -0.1) is 0 Å². The largest absolute Gasteiger partial charge is 0.399 e. The van der Waals surface area contributed by atoms with Gasteiger partial charge < -0.3 is 16.8 Å². The summed E-state index contributed by atoms with van der Waals surface area (Å²) in [7, 11) is 0. The standard InChI is InChI=1S/C17H25N3O/c18-13-5-1-4-12(10-13)17(21)20-16-6-2-3-11-9-14(19)7-8-15(11)16/h7-9,12-13,16H,1-6,10,18-19H2,(H,20,21). The molecular formula is C17H25N3O. The zero-order valence-corrected chi connectivity index (χ0v) is 12.5. The minimum absolute atomic E-state index is 0.0907. The maximum absolute atomic E-state index is 12.5. The van der Waals surface area contributed by atoms with Crippen LogP contribution in [0, 0.1) is 5.92 Å². The van der Waals surface area contributed by atoms with Gasteiger partial charge in [-0.05, 0) is 61.8 Å². The van der Waals surface area contributed by atoms with Gasteiger partial charge in [0.1, 0.15) is 0 Å². The molecule has 0 saturated heterocycles. The van der Waals surface area contributed by atoms with Gasteiger partial charge in [-0.3, -0.25) is 4.79 Å². The Hall–Kier alpha value is -1.55. The third kappa shape index (κ3) is 3.21. The van der Waals surface area contributed by atoms with Crippen LogP contribution in [-0.2, 0) is 11.2 Å². The molecule has 4 nitrogen and oxygen atoms in total. The van der Waals surface area contributed by atoms with E-state index in [1.54, 1.807) is 0 Å². The molecule has 0 spiro atoms. The number of aryl methyl sites for hydroxylation is 1. The van der Waals surface area contributed by atoms with Crippen molar-refractivity contribution in [3.63, 3.8) is 0 Å². The van der Waals surface area contributed by atoms with E-state index in [1.807, 2.05) is 12.1 Å². The summed E-state index contributed by atoms with van der Waals surface area (Å²) in [5, 5.41) is 3.25. The second kappa shape index (κ2) is 6.06. The maximum Gasteiger partial charge on any atom is 0.223 e. The summed E-state index contributed by atoms with van der Waals surface area (Å²) < 4.78 is 0. The second-order valence-corrected chi connectivity index (χ2v) is 6.54. The van der Waals surface area contributed by atoms with Gasteiger partial charge in [0.05, 0.1) is 6.04 Å². The van der Waals surface area contributed by atoms with Crippen molar-refractivity contribution in [2.24, 2.45) is 11.7 Å². The van der Waals surface area contributed by atoms with Crippen molar-refractivity contribution in [2.45, 2.75) is 57.0 Å². The van der Waals surface area contributed by atoms with Gasteiger partial charge in [0, 0.05) is 17.6 Å². The minimum atomic E-state index is 0.0907. The Morgan fingerprint density at radius 1 is 1.19 bits per heavy atom. The Balaban J connectivity index is 1.70. The van der Waals surface area contributed by atoms with Crippen molar-refractivity contribution < 1.29 is 4.79 Å². The number of nitrogens with one attached hydrogen (secondary N) is 1. The van der Waals surface area contributed by atoms with Crippen molar-refractivity contribution in [3.05, 3.63) is 29.3 Å². The number of hydrogen-bond donors (Lipinski definition) is 3. The number of benzene rings is 1. The van der Waals surface area contributed by atoms with E-state index >= 15 is 0 Å². The SMILES string of the molecule is Nc1ccc2c(c1)CCCC2NC(=O)C1CCCC(N)C1. The molecule has 114 valence electrons. The van der Waals surface area contributed by atoms with Crippen molar-refractivity contribution in [2.75, 3.05) is 5.73 Å². The van der Waals surface area contributed by atoms with Crippen LogP contribution in [0.1, 0.15) is 55.7 Å². The third-order valence-electron chi connectivity index (χ3n) is 4.88. The molecule has 0 radical (unpaired) electrons. The average molecular weight is 287 g/mol. The average Bonchev–Trinajstić information content (AvgIpc) is 2.47. The molecule has 4 heteroatoms. The molecule has 2 aliphatic carbocycles. The summed E-state index contributed by atoms with van der Waals surface area (Å²) in [4.78, 5) is 12.5. The van der Waals surface area contributed by atoms with Crippen molar-refractivity contribution in [1.29, 1.82) is 0 Å². The van der Waals surface area contributed by atoms with E-state index < -0.39 is 0 Å². The molecule has 0 aliphatic heterocycles. The predicted octanol–water partition coefficient (Wildman–Crippen LogP) is 2.28. The summed E-state index contributed by atoms with van der Waals surface area (Å²) in [6, 6.07) is 6.37. The van der Waals surface area contributed by atoms with E-state index in [1.165, 1.54) is 11.1 Å². The number of carbonyl (C=O) groups is 1. The molecule has 3 rings (SSSR count). The first-order chi connectivity index (χ1) is 10.1. The smallest absolute Gasteiger partial charge is 0.223 e. The van der Waals surface area contributed by atoms with Crippen molar-refractivity contribution in [1.82, 2.24) is 5.32 Å². The predicted molar refractivity (Wildman–Crippen MR) is 84.6 cm³/mol. The summed E-state index contributed by atoms with van der Waals surface area (Å²) in [5.74, 6) is 0.271. The summed E-state index contributed by atoms with van der Waals surface area (Å²) in [6.45, 7) is 0. The lowest BCUT2D eigenvalue weighted by Crippen LogP contribution is -2.40. The lowest BCUT2D eigenvalue weighted by molar-refractivity contribution is -0.127. The summed E-state index contributed by atoms with van der Waals surface area (Å²) >= 11 is 0. The topological polar surface area (TPSA) is 81.1 Å². The zero-order chi connectivity index (χ0) is 14.8. The molecule has 21 heavy (non-hydrogen) atoms. The fourth-order valence-corrected chi connectivity index (χ4v) is 3.74. The maximum atomic E-state index is 12.5. The molecule has 1 aromatic carbocycles. The number of rotatable bonds is 2. The highest BCUT2D eigenvalue weighted by Crippen LogP contribution is 2.32. The normalized spacial score (nSPS) is 28.7. The molecule has 0 heterocycles. The van der Waals surface area contributed by atoms with Crippen molar-refractivity contribution in [3.8, 4) is 0 Å². The Morgan fingerprint density at radius 3 is 2.86 bits per heavy atom. The zero-order valence-electron chi connectivity index (χ0n) is 12.5. The number of nitrogen functional groups attached to an aromatic ring is 1. The van der Waals surface area contributed by atoms with Gasteiger partial charge in [-0.2, -0.15) is 0 Å². The van der Waals surface area contributed by atoms with Crippen LogP contribution in [0.15, 0.2) is 18.2 Å². The van der Waals surface area contributed by atoms with Gasteiger partial charge >= 0.3 is 0 Å². The number of anilines is 1. The fraction of sp³-hybridized carbons (Fsp3) is 0.588. The van der Waals surface area contributed by atoms with E-state index in [4.69, 9.17) is 11.5 Å². The Bertz CT molecular complexity index is 529. The van der Waals surface area contributed by atoms with Crippen LogP contribution in [0.2, 0.25) is 0 Å². The molecule has 3 atom stereocenters. The van der Waals surface area contributed by atoms with Gasteiger partial charge in [0.25, 0.3) is 0 Å². The highest BCUT2D eigenvalue weighted by molar-refractivity contribution is 5.79. The first-order valence-corrected chi connectivity index (χ1v) is 8.07. The molecule has 1 aromatic rings. The summed E-state index contributed by atoms with van der Waals surface area (Å²) in [5.41, 5.74) is 15.2. The fourth-order valence-electron chi connectivity index (χ4n) is 3.74. The van der Waals surface area contributed by atoms with E-state index in [0.29, 0.717) is 0 Å². The Kier molecular flexibility index (Phi) is 4.15. The minimum Gasteiger partial charge on any atom is -0.399 e. The molecule has 0 bridgehead atoms. The number of amides is 1. The number of fused-ring (bicyclic) bond motifs is 1. The van der Waals surface area contributed by atoms with Gasteiger partial charge in [-0.1, -0.05) is 12.5 Å². The molecule has 0 aromatic heterocycles. The molecule has 1 fully saturated rings. The first kappa shape index (κ1) is 14.4. The third-order valence-corrected chi connectivity index (χ3v) is 4.88. The highest BCUT2D eigenvalue weighted by atomic mass is 16.1. The molecule has 1 saturated carbocycles. The van der Waals surface area contributed by atoms with Crippen molar-refractivity contribution >= 4 is 11.6 Å². The van der Waals surface area contributed by atoms with Gasteiger partial charge in [-0.25, -0.2) is 0 Å². The van der Waals surface area contributed by atoms with Crippen LogP contribution in [0.4, 0.5) is 5.69 Å². The Morgan fingerprint density at radius 2 is 2.05 bits per heavy atom. The van der Waals surface area contributed by atoms with E-state index in [9.17, 15) is 4.79 Å². The van der Waals surface area contributed by atoms with E-state index in [-0.39, 0.29) is 23.9 Å². The van der Waals surface area contributed by atoms with Gasteiger partial charge in [0.15, 0.2) is 0 Å². The molecule has 2 aliphatic rings. The van der Waals surface area contributed by atoms with Crippen LogP contribution in [0.25, 0.3) is 0 Å². The molecule has 5 N–H and O–H groups in total. The first-order valence-electron chi connectivity index (χ1n) is 8.07. The van der Waals surface area contributed by atoms with Crippen LogP contribution in [0.5, 0.6) is 0 Å². The van der Waals surface area contributed by atoms with Crippen LogP contribution < -0.4 is 16.8 Å². The molecule has 1 amide bonds. The van der Waals surface area contributed by atoms with Gasteiger partial charge in [0.2, 0.25) is 5.91 Å². The quantitative estimate of drug-likeness (QED) is 0.730. The molecule has 3 unspecified atom stereocenters. The molecular weight excluding hydrogens is 262 g/mol. The van der Waals surface area contributed by atoms with E-state index in [0.717, 1.165) is 50.6 Å². The highest BCUT2D eigenvalue weighted by Gasteiger charge is 2.28. The second-order valence-electron chi connectivity index (χ2n) is 6.54.